The topological polar surface area (TPSA) is 64.6 Å². The molecule has 5 heteroatoms. The smallest absolute Gasteiger partial charge is 0.343 e. The molecule has 1 N–H and O–H groups in total. The number of ether oxygens (including phenoxy) is 2. The highest BCUT2D eigenvalue weighted by Gasteiger charge is 2.24. The number of nitrogens with one attached hydrogen (secondary N) is 1. The minimum atomic E-state index is -0.649. The third-order valence-corrected chi connectivity index (χ3v) is 3.42. The van der Waals surface area contributed by atoms with Crippen molar-refractivity contribution in [1.82, 2.24) is 5.32 Å². The van der Waals surface area contributed by atoms with Gasteiger partial charge in [-0.3, -0.25) is 4.79 Å². The first kappa shape index (κ1) is 19.6. The number of carbonyl (C=O) groups excluding carboxylic acids is 2. The lowest BCUT2D eigenvalue weighted by atomic mass is 10.0. The zero-order valence-corrected chi connectivity index (χ0v) is 14.5. The van der Waals surface area contributed by atoms with Gasteiger partial charge in [0.1, 0.15) is 5.57 Å². The van der Waals surface area contributed by atoms with E-state index in [9.17, 15) is 9.59 Å². The summed E-state index contributed by atoms with van der Waals surface area (Å²) in [6, 6.07) is 9.80. The van der Waals surface area contributed by atoms with Gasteiger partial charge in [0.15, 0.2) is 5.78 Å². The highest BCUT2D eigenvalue weighted by atomic mass is 16.5. The molecule has 1 rings (SSSR count). The van der Waals surface area contributed by atoms with E-state index in [0.717, 1.165) is 5.56 Å². The lowest BCUT2D eigenvalue weighted by Crippen LogP contribution is -2.29. The van der Waals surface area contributed by atoms with E-state index < -0.39 is 5.97 Å². The molecule has 0 aliphatic heterocycles. The molecule has 1 unspecified atom stereocenters. The van der Waals surface area contributed by atoms with Crippen LogP contribution in [0.5, 0.6) is 0 Å². The second kappa shape index (κ2) is 10.4. The second-order valence-electron chi connectivity index (χ2n) is 5.41. The molecule has 0 aliphatic rings. The minimum absolute atomic E-state index is 0.0233. The zero-order chi connectivity index (χ0) is 17.9. The van der Waals surface area contributed by atoms with E-state index in [-0.39, 0.29) is 17.3 Å². The van der Waals surface area contributed by atoms with Crippen molar-refractivity contribution in [3.63, 3.8) is 0 Å². The Hall–Kier alpha value is -2.40. The average Bonchev–Trinajstić information content (AvgIpc) is 2.58. The van der Waals surface area contributed by atoms with Crippen LogP contribution in [0.15, 0.2) is 54.3 Å². The molecule has 0 fully saturated rings. The first-order valence-electron chi connectivity index (χ1n) is 7.81. The number of hydrogen-bond acceptors (Lipinski definition) is 5. The predicted molar refractivity (Wildman–Crippen MR) is 93.2 cm³/mol. The monoisotopic (exact) mass is 331 g/mol. The van der Waals surface area contributed by atoms with Crippen LogP contribution < -0.4 is 5.32 Å². The molecule has 0 amide bonds. The maximum atomic E-state index is 12.0. The van der Waals surface area contributed by atoms with Gasteiger partial charge in [0.05, 0.1) is 20.3 Å². The normalized spacial score (nSPS) is 12.8. The summed E-state index contributed by atoms with van der Waals surface area (Å²) in [5.74, 6) is -1.17. The van der Waals surface area contributed by atoms with Crippen molar-refractivity contribution in [3.05, 3.63) is 59.8 Å². The molecule has 0 radical (unpaired) electrons. The van der Waals surface area contributed by atoms with Gasteiger partial charge in [0, 0.05) is 18.2 Å². The summed E-state index contributed by atoms with van der Waals surface area (Å²) in [5.41, 5.74) is 1.60. The van der Waals surface area contributed by atoms with Crippen molar-refractivity contribution in [2.75, 3.05) is 20.3 Å². The van der Waals surface area contributed by atoms with Crippen molar-refractivity contribution in [1.29, 1.82) is 0 Å². The minimum Gasteiger partial charge on any atom is -0.465 e. The molecule has 1 atom stereocenters. The van der Waals surface area contributed by atoms with Crippen LogP contribution in [0.3, 0.4) is 0 Å². The fourth-order valence-corrected chi connectivity index (χ4v) is 2.25. The number of rotatable bonds is 10. The van der Waals surface area contributed by atoms with Crippen LogP contribution in [-0.4, -0.2) is 32.0 Å². The largest absolute Gasteiger partial charge is 0.465 e. The van der Waals surface area contributed by atoms with Gasteiger partial charge < -0.3 is 14.8 Å². The van der Waals surface area contributed by atoms with E-state index in [2.05, 4.69) is 11.9 Å². The summed E-state index contributed by atoms with van der Waals surface area (Å²) in [6.07, 6.45) is 1.66. The third kappa shape index (κ3) is 6.01. The summed E-state index contributed by atoms with van der Waals surface area (Å²) in [7, 11) is 1.26. The molecule has 0 aliphatic carbocycles. The van der Waals surface area contributed by atoms with Crippen molar-refractivity contribution in [2.24, 2.45) is 5.92 Å². The van der Waals surface area contributed by atoms with E-state index in [1.165, 1.54) is 14.0 Å². The molecule has 0 saturated carbocycles. The van der Waals surface area contributed by atoms with E-state index in [4.69, 9.17) is 9.47 Å². The number of ketones is 1. The number of esters is 1. The van der Waals surface area contributed by atoms with Gasteiger partial charge in [-0.25, -0.2) is 4.79 Å². The zero-order valence-electron chi connectivity index (χ0n) is 14.5. The van der Waals surface area contributed by atoms with Crippen molar-refractivity contribution in [2.45, 2.75) is 20.5 Å². The number of hydrogen-bond donors (Lipinski definition) is 1. The van der Waals surface area contributed by atoms with Gasteiger partial charge in [-0.15, -0.1) is 6.58 Å². The Labute approximate surface area is 143 Å². The first-order valence-corrected chi connectivity index (χ1v) is 7.81. The fraction of sp³-hybridized carbons (Fsp3) is 0.368. The summed E-state index contributed by atoms with van der Waals surface area (Å²) >= 11 is 0. The first-order chi connectivity index (χ1) is 11.5. The number of benzene rings is 1. The molecule has 0 aromatic heterocycles. The Balaban J connectivity index is 2.86. The van der Waals surface area contributed by atoms with E-state index in [1.807, 2.05) is 37.3 Å². The number of carbonyl (C=O) groups is 2. The molecule has 0 heterocycles. The van der Waals surface area contributed by atoms with E-state index >= 15 is 0 Å². The van der Waals surface area contributed by atoms with Crippen molar-refractivity contribution < 1.29 is 19.1 Å². The molecule has 24 heavy (non-hydrogen) atoms. The van der Waals surface area contributed by atoms with Crippen LogP contribution in [0.1, 0.15) is 19.4 Å². The highest BCUT2D eigenvalue weighted by molar-refractivity contribution is 6.17. The lowest BCUT2D eigenvalue weighted by Gasteiger charge is -2.20. The SMILES string of the molecule is C=CCN/C(=C(/C(C)=O)C(=O)OC)C(C)COCc1ccccc1. The second-order valence-corrected chi connectivity index (χ2v) is 5.41. The van der Waals surface area contributed by atoms with Gasteiger partial charge >= 0.3 is 5.97 Å². The average molecular weight is 331 g/mol. The van der Waals surface area contributed by atoms with Crippen LogP contribution in [0.25, 0.3) is 0 Å². The predicted octanol–water partition coefficient (Wildman–Crippen LogP) is 2.63. The molecule has 130 valence electrons. The molecule has 5 nitrogen and oxygen atoms in total. The lowest BCUT2D eigenvalue weighted by molar-refractivity contribution is -0.137. The third-order valence-electron chi connectivity index (χ3n) is 3.42. The van der Waals surface area contributed by atoms with Crippen LogP contribution >= 0.6 is 0 Å². The van der Waals surface area contributed by atoms with Crippen LogP contribution in [0.4, 0.5) is 0 Å². The quantitative estimate of drug-likeness (QED) is 0.235. The van der Waals surface area contributed by atoms with E-state index in [0.29, 0.717) is 25.5 Å². The Morgan fingerprint density at radius 1 is 1.29 bits per heavy atom. The molecule has 0 spiro atoms. The van der Waals surface area contributed by atoms with Crippen LogP contribution in [0.2, 0.25) is 0 Å². The molecular weight excluding hydrogens is 306 g/mol. The molecule has 1 aromatic carbocycles. The summed E-state index contributed by atoms with van der Waals surface area (Å²) in [4.78, 5) is 23.8. The number of Topliss-reactive ketones (excluding diaryl/α,β-unsaturated/α-hetero) is 1. The van der Waals surface area contributed by atoms with Gasteiger partial charge in [-0.05, 0) is 12.5 Å². The van der Waals surface area contributed by atoms with Crippen molar-refractivity contribution in [3.8, 4) is 0 Å². The Kier molecular flexibility index (Phi) is 8.50. The van der Waals surface area contributed by atoms with Crippen LogP contribution in [0, 0.1) is 5.92 Å². The van der Waals surface area contributed by atoms with Gasteiger partial charge in [-0.1, -0.05) is 43.3 Å². The van der Waals surface area contributed by atoms with Gasteiger partial charge in [-0.2, -0.15) is 0 Å². The maximum absolute atomic E-state index is 12.0. The molecule has 1 aromatic rings. The Morgan fingerprint density at radius 3 is 2.50 bits per heavy atom. The van der Waals surface area contributed by atoms with Gasteiger partial charge in [0.25, 0.3) is 0 Å². The van der Waals surface area contributed by atoms with Crippen LogP contribution in [-0.2, 0) is 25.7 Å². The van der Waals surface area contributed by atoms with E-state index in [1.54, 1.807) is 6.08 Å². The summed E-state index contributed by atoms with van der Waals surface area (Å²) in [5, 5.41) is 3.07. The summed E-state index contributed by atoms with van der Waals surface area (Å²) in [6.45, 7) is 8.15. The van der Waals surface area contributed by atoms with Gasteiger partial charge in [0.2, 0.25) is 0 Å². The maximum Gasteiger partial charge on any atom is 0.343 e. The molecule has 0 saturated heterocycles. The fourth-order valence-electron chi connectivity index (χ4n) is 2.25. The standard InChI is InChI=1S/C19H25NO4/c1-5-11-20-18(17(15(3)21)19(22)23-4)14(2)12-24-13-16-9-7-6-8-10-16/h5-10,14,20H,1,11-13H2,2-4H3/b18-17-. The Morgan fingerprint density at radius 2 is 1.96 bits per heavy atom. The number of methoxy groups -OCH3 is 1. The molecule has 0 bridgehead atoms. The molecular formula is C19H25NO4. The summed E-state index contributed by atoms with van der Waals surface area (Å²) < 4.78 is 10.5. The highest BCUT2D eigenvalue weighted by Crippen LogP contribution is 2.16. The van der Waals surface area contributed by atoms with Crippen molar-refractivity contribution >= 4 is 11.8 Å². The Bertz CT molecular complexity index is 593.